The third kappa shape index (κ3) is 4.91. The summed E-state index contributed by atoms with van der Waals surface area (Å²) in [4.78, 5) is 8.70. The van der Waals surface area contributed by atoms with Crippen LogP contribution in [0.3, 0.4) is 0 Å². The summed E-state index contributed by atoms with van der Waals surface area (Å²) in [6.45, 7) is 6.66. The summed E-state index contributed by atoms with van der Waals surface area (Å²) in [6, 6.07) is 10.2. The summed E-state index contributed by atoms with van der Waals surface area (Å²) < 4.78 is 7.64. The van der Waals surface area contributed by atoms with E-state index in [-0.39, 0.29) is 0 Å². The molecule has 2 heterocycles. The van der Waals surface area contributed by atoms with Crippen molar-refractivity contribution in [3.63, 3.8) is 0 Å². The molecule has 0 atom stereocenters. The fraction of sp³-hybridized carbons (Fsp3) is 0.476. The smallest absolute Gasteiger partial charge is 0.191 e. The first kappa shape index (κ1) is 19.9. The summed E-state index contributed by atoms with van der Waals surface area (Å²) >= 11 is 0. The van der Waals surface area contributed by atoms with Gasteiger partial charge in [-0.3, -0.25) is 4.99 Å². The van der Waals surface area contributed by atoms with Crippen LogP contribution in [-0.4, -0.2) is 34.3 Å². The van der Waals surface area contributed by atoms with E-state index in [0.717, 1.165) is 55.3 Å². The third-order valence-electron chi connectivity index (χ3n) is 5.03. The van der Waals surface area contributed by atoms with Crippen molar-refractivity contribution in [2.45, 2.75) is 52.1 Å². The minimum atomic E-state index is 0.467. The predicted molar refractivity (Wildman–Crippen MR) is 112 cm³/mol. The first-order chi connectivity index (χ1) is 13.7. The van der Waals surface area contributed by atoms with Crippen molar-refractivity contribution in [3.8, 4) is 0 Å². The molecule has 7 nitrogen and oxygen atoms in total. The van der Waals surface area contributed by atoms with Gasteiger partial charge in [0.25, 0.3) is 0 Å². The topological polar surface area (TPSA) is 80.3 Å². The highest BCUT2D eigenvalue weighted by molar-refractivity contribution is 5.79. The van der Waals surface area contributed by atoms with Crippen LogP contribution < -0.4 is 10.6 Å². The molecule has 1 aromatic carbocycles. The number of benzene rings is 1. The lowest BCUT2D eigenvalue weighted by molar-refractivity contribution is 0.368. The SMILES string of the molecule is CCC(CC)c1cc(CNC(=NC)NCCCn2cnc3ccccc32)on1. The lowest BCUT2D eigenvalue weighted by atomic mass is 9.99. The van der Waals surface area contributed by atoms with Crippen molar-refractivity contribution in [1.82, 2.24) is 25.3 Å². The zero-order chi connectivity index (χ0) is 19.8. The van der Waals surface area contributed by atoms with E-state index in [1.54, 1.807) is 7.05 Å². The predicted octanol–water partition coefficient (Wildman–Crippen LogP) is 3.68. The van der Waals surface area contributed by atoms with Gasteiger partial charge in [0.2, 0.25) is 0 Å². The number of nitrogens with zero attached hydrogens (tertiary/aromatic N) is 4. The molecule has 0 spiro atoms. The molecular weight excluding hydrogens is 352 g/mol. The highest BCUT2D eigenvalue weighted by atomic mass is 16.5. The number of guanidine groups is 1. The molecule has 0 aliphatic heterocycles. The Bertz CT molecular complexity index is 893. The van der Waals surface area contributed by atoms with E-state index in [9.17, 15) is 0 Å². The molecule has 3 aromatic rings. The Labute approximate surface area is 166 Å². The van der Waals surface area contributed by atoms with E-state index in [1.807, 2.05) is 30.6 Å². The number of nitrogens with one attached hydrogen (secondary N) is 2. The molecule has 7 heteroatoms. The average Bonchev–Trinajstić information content (AvgIpc) is 3.36. The average molecular weight is 383 g/mol. The van der Waals surface area contributed by atoms with Crippen molar-refractivity contribution >= 4 is 17.0 Å². The van der Waals surface area contributed by atoms with E-state index in [2.05, 4.69) is 50.2 Å². The van der Waals surface area contributed by atoms with Crippen molar-refractivity contribution in [3.05, 3.63) is 48.1 Å². The summed E-state index contributed by atoms with van der Waals surface area (Å²) in [5.41, 5.74) is 3.24. The fourth-order valence-electron chi connectivity index (χ4n) is 3.35. The standard InChI is InChI=1S/C21H30N6O/c1-4-16(5-2)19-13-17(28-26-19)14-24-21(22-3)23-11-8-12-27-15-25-18-9-6-7-10-20(18)27/h6-7,9-10,13,15-16H,4-5,8,11-12,14H2,1-3H3,(H2,22,23,24). The number of para-hydroxylation sites is 2. The van der Waals surface area contributed by atoms with E-state index in [1.165, 1.54) is 5.52 Å². The van der Waals surface area contributed by atoms with Crippen LogP contribution >= 0.6 is 0 Å². The van der Waals surface area contributed by atoms with Gasteiger partial charge >= 0.3 is 0 Å². The second-order valence-electron chi connectivity index (χ2n) is 6.86. The van der Waals surface area contributed by atoms with Crippen molar-refractivity contribution in [1.29, 1.82) is 0 Å². The Morgan fingerprint density at radius 1 is 1.21 bits per heavy atom. The lowest BCUT2D eigenvalue weighted by Gasteiger charge is -2.11. The summed E-state index contributed by atoms with van der Waals surface area (Å²) in [5, 5.41) is 10.8. The van der Waals surface area contributed by atoms with Crippen molar-refractivity contribution < 1.29 is 4.52 Å². The fourth-order valence-corrected chi connectivity index (χ4v) is 3.35. The van der Waals surface area contributed by atoms with E-state index in [4.69, 9.17) is 4.52 Å². The summed E-state index contributed by atoms with van der Waals surface area (Å²) in [6.07, 6.45) is 5.03. The monoisotopic (exact) mass is 382 g/mol. The number of hydrogen-bond donors (Lipinski definition) is 2. The van der Waals surface area contributed by atoms with Crippen LogP contribution in [0.5, 0.6) is 0 Å². The van der Waals surface area contributed by atoms with Crippen molar-refractivity contribution in [2.24, 2.45) is 4.99 Å². The number of imidazole rings is 1. The maximum absolute atomic E-state index is 5.45. The van der Waals surface area contributed by atoms with Crippen LogP contribution in [0, 0.1) is 0 Å². The number of rotatable bonds is 9. The number of aliphatic imine (C=N–C) groups is 1. The Kier molecular flexibility index (Phi) is 7.06. The molecule has 0 aliphatic rings. The molecular formula is C21H30N6O. The molecule has 0 saturated heterocycles. The largest absolute Gasteiger partial charge is 0.359 e. The minimum absolute atomic E-state index is 0.467. The van der Waals surface area contributed by atoms with Crippen LogP contribution in [0.1, 0.15) is 50.5 Å². The van der Waals surface area contributed by atoms with Crippen LogP contribution in [0.25, 0.3) is 11.0 Å². The molecule has 0 saturated carbocycles. The molecule has 0 aliphatic carbocycles. The second-order valence-corrected chi connectivity index (χ2v) is 6.86. The van der Waals surface area contributed by atoms with E-state index < -0.39 is 0 Å². The van der Waals surface area contributed by atoms with Gasteiger partial charge in [-0.05, 0) is 31.4 Å². The molecule has 0 radical (unpaired) electrons. The van der Waals surface area contributed by atoms with E-state index in [0.29, 0.717) is 12.5 Å². The third-order valence-corrected chi connectivity index (χ3v) is 5.03. The Hall–Kier alpha value is -2.83. The van der Waals surface area contributed by atoms with E-state index >= 15 is 0 Å². The molecule has 28 heavy (non-hydrogen) atoms. The van der Waals surface area contributed by atoms with Gasteiger partial charge < -0.3 is 19.7 Å². The molecule has 0 fully saturated rings. The maximum Gasteiger partial charge on any atom is 0.191 e. The molecule has 0 amide bonds. The number of hydrogen-bond acceptors (Lipinski definition) is 4. The van der Waals surface area contributed by atoms with Gasteiger partial charge in [0.15, 0.2) is 11.7 Å². The summed E-state index contributed by atoms with van der Waals surface area (Å²) in [5.74, 6) is 2.06. The molecule has 3 rings (SSSR count). The highest BCUT2D eigenvalue weighted by Gasteiger charge is 2.13. The second kappa shape index (κ2) is 9.92. The molecule has 2 aromatic heterocycles. The van der Waals surface area contributed by atoms with Gasteiger partial charge in [0, 0.05) is 32.1 Å². The van der Waals surface area contributed by atoms with Crippen molar-refractivity contribution in [2.75, 3.05) is 13.6 Å². The normalized spacial score (nSPS) is 12.1. The number of fused-ring (bicyclic) bond motifs is 1. The molecule has 150 valence electrons. The molecule has 2 N–H and O–H groups in total. The Morgan fingerprint density at radius 2 is 2.04 bits per heavy atom. The van der Waals surface area contributed by atoms with Crippen LogP contribution in [0.4, 0.5) is 0 Å². The van der Waals surface area contributed by atoms with Crippen LogP contribution in [-0.2, 0) is 13.1 Å². The molecule has 0 unspecified atom stereocenters. The maximum atomic E-state index is 5.45. The lowest BCUT2D eigenvalue weighted by Crippen LogP contribution is -2.37. The van der Waals surface area contributed by atoms with Gasteiger partial charge in [0.05, 0.1) is 29.6 Å². The zero-order valence-electron chi connectivity index (χ0n) is 17.0. The quantitative estimate of drug-likeness (QED) is 0.335. The first-order valence-corrected chi connectivity index (χ1v) is 10.0. The van der Waals surface area contributed by atoms with Gasteiger partial charge in [-0.2, -0.15) is 0 Å². The summed E-state index contributed by atoms with van der Waals surface area (Å²) in [7, 11) is 1.77. The van der Waals surface area contributed by atoms with Gasteiger partial charge in [-0.1, -0.05) is 31.1 Å². The van der Waals surface area contributed by atoms with Crippen LogP contribution in [0.2, 0.25) is 0 Å². The van der Waals surface area contributed by atoms with Gasteiger partial charge in [-0.25, -0.2) is 4.98 Å². The first-order valence-electron chi connectivity index (χ1n) is 10.0. The van der Waals surface area contributed by atoms with Gasteiger partial charge in [0.1, 0.15) is 0 Å². The van der Waals surface area contributed by atoms with Gasteiger partial charge in [-0.15, -0.1) is 0 Å². The molecule has 0 bridgehead atoms. The Morgan fingerprint density at radius 3 is 2.82 bits per heavy atom. The van der Waals surface area contributed by atoms with Crippen LogP contribution in [0.15, 0.2) is 46.2 Å². The number of aromatic nitrogens is 3. The number of aryl methyl sites for hydroxylation is 1. The Balaban J connectivity index is 1.42. The minimum Gasteiger partial charge on any atom is -0.359 e. The zero-order valence-corrected chi connectivity index (χ0v) is 17.0. The highest BCUT2D eigenvalue weighted by Crippen LogP contribution is 2.22.